The first-order valence-electron chi connectivity index (χ1n) is 8.11. The number of alkyl halides is 3. The average molecular weight is 315 g/mol. The van der Waals surface area contributed by atoms with Gasteiger partial charge in [-0.25, -0.2) is 0 Å². The fourth-order valence-electron chi connectivity index (χ4n) is 5.05. The number of likely N-dealkylation sites (tertiary alicyclic amines) is 1. The van der Waals surface area contributed by atoms with Crippen LogP contribution in [0.25, 0.3) is 0 Å². The van der Waals surface area contributed by atoms with Crippen LogP contribution in [-0.4, -0.2) is 40.8 Å². The largest absolute Gasteiger partial charge is 0.471 e. The van der Waals surface area contributed by atoms with Gasteiger partial charge in [0.15, 0.2) is 0 Å². The van der Waals surface area contributed by atoms with Crippen molar-refractivity contribution in [2.45, 2.75) is 68.4 Å². The number of rotatable bonds is 0. The zero-order chi connectivity index (χ0) is 15.6. The number of fused-ring (bicyclic) bond motifs is 1. The van der Waals surface area contributed by atoms with Gasteiger partial charge in [0.25, 0.3) is 0 Å². The molecule has 3 heterocycles. The van der Waals surface area contributed by atoms with Crippen molar-refractivity contribution in [1.82, 2.24) is 4.90 Å². The van der Waals surface area contributed by atoms with E-state index in [0.29, 0.717) is 19.3 Å². The van der Waals surface area contributed by atoms with Gasteiger partial charge in [0.2, 0.25) is 0 Å². The minimum absolute atomic E-state index is 0.0200. The van der Waals surface area contributed by atoms with Crippen molar-refractivity contribution < 1.29 is 22.7 Å². The molecule has 1 saturated carbocycles. The zero-order valence-electron chi connectivity index (χ0n) is 12.4. The number of carbonyl (C=O) groups is 1. The maximum Gasteiger partial charge on any atom is 0.471 e. The van der Waals surface area contributed by atoms with Gasteiger partial charge in [0.05, 0.1) is 12.6 Å². The van der Waals surface area contributed by atoms with Crippen LogP contribution in [0.1, 0.15) is 44.9 Å². The van der Waals surface area contributed by atoms with Gasteiger partial charge in [-0.2, -0.15) is 13.2 Å². The molecular weight excluding hydrogens is 295 g/mol. The summed E-state index contributed by atoms with van der Waals surface area (Å²) in [5.74, 6) is -1.44. The van der Waals surface area contributed by atoms with Crippen molar-refractivity contribution >= 4 is 5.91 Å². The van der Waals surface area contributed by atoms with Gasteiger partial charge in [-0.15, -0.1) is 0 Å². The number of piperidine rings is 1. The molecule has 0 aromatic rings. The second-order valence-corrected chi connectivity index (χ2v) is 7.28. The molecule has 0 radical (unpaired) electrons. The van der Waals surface area contributed by atoms with Crippen molar-refractivity contribution in [2.75, 3.05) is 6.54 Å². The molecule has 0 aromatic carbocycles. The third kappa shape index (κ3) is 1.95. The fourth-order valence-corrected chi connectivity index (χ4v) is 5.05. The minimum Gasteiger partial charge on any atom is -0.361 e. The standard InChI is InChI=1S/C16H20F3NO2/c17-16(18,19)13(21)20-10-15-7-4-12(22-15)8-11(15)9-14(20)5-2-1-3-6-14/h4,7,11-12H,1-3,5-6,8-10H2/t11-,12-,15-/m0/s1. The van der Waals surface area contributed by atoms with E-state index in [1.54, 1.807) is 0 Å². The number of carbonyl (C=O) groups excluding carboxylic acids is 1. The lowest BCUT2D eigenvalue weighted by atomic mass is 9.65. The molecule has 0 unspecified atom stereocenters. The van der Waals surface area contributed by atoms with Gasteiger partial charge in [-0.3, -0.25) is 4.79 Å². The Morgan fingerprint density at radius 1 is 1.23 bits per heavy atom. The van der Waals surface area contributed by atoms with Gasteiger partial charge in [0.1, 0.15) is 5.60 Å². The zero-order valence-corrected chi connectivity index (χ0v) is 12.4. The van der Waals surface area contributed by atoms with Crippen molar-refractivity contribution in [1.29, 1.82) is 0 Å². The number of ether oxygens (including phenoxy) is 1. The summed E-state index contributed by atoms with van der Waals surface area (Å²) in [7, 11) is 0. The highest BCUT2D eigenvalue weighted by Crippen LogP contribution is 2.55. The van der Waals surface area contributed by atoms with Crippen LogP contribution in [0.5, 0.6) is 0 Å². The molecular formula is C16H20F3NO2. The van der Waals surface area contributed by atoms with Gasteiger partial charge in [-0.1, -0.05) is 31.4 Å². The van der Waals surface area contributed by atoms with Crippen LogP contribution in [0.4, 0.5) is 13.2 Å². The summed E-state index contributed by atoms with van der Waals surface area (Å²) in [6.45, 7) is 0.0585. The molecule has 3 nitrogen and oxygen atoms in total. The lowest BCUT2D eigenvalue weighted by Gasteiger charge is -2.55. The van der Waals surface area contributed by atoms with Crippen LogP contribution in [-0.2, 0) is 9.53 Å². The van der Waals surface area contributed by atoms with E-state index in [4.69, 9.17) is 4.74 Å². The third-order valence-corrected chi connectivity index (χ3v) is 6.05. The summed E-state index contributed by atoms with van der Waals surface area (Å²) in [6.07, 6.45) is 4.81. The molecule has 1 aliphatic carbocycles. The first-order valence-corrected chi connectivity index (χ1v) is 8.11. The maximum absolute atomic E-state index is 13.1. The van der Waals surface area contributed by atoms with E-state index in [0.717, 1.165) is 30.6 Å². The molecule has 1 amide bonds. The first kappa shape index (κ1) is 14.5. The molecule has 3 fully saturated rings. The molecule has 22 heavy (non-hydrogen) atoms. The second kappa shape index (κ2) is 4.49. The summed E-state index contributed by atoms with van der Waals surface area (Å²) in [5.41, 5.74) is -1.28. The molecule has 4 aliphatic rings. The van der Waals surface area contributed by atoms with Crippen LogP contribution >= 0.6 is 0 Å². The lowest BCUT2D eigenvalue weighted by molar-refractivity contribution is -0.203. The number of hydrogen-bond donors (Lipinski definition) is 0. The molecule has 122 valence electrons. The van der Waals surface area contributed by atoms with Crippen molar-refractivity contribution in [3.05, 3.63) is 12.2 Å². The normalized spacial score (nSPS) is 39.3. The summed E-state index contributed by atoms with van der Waals surface area (Å²) in [5, 5.41) is 0. The Labute approximate surface area is 127 Å². The quantitative estimate of drug-likeness (QED) is 0.643. The minimum atomic E-state index is -4.81. The topological polar surface area (TPSA) is 29.5 Å². The Morgan fingerprint density at radius 2 is 1.95 bits per heavy atom. The molecule has 6 heteroatoms. The van der Waals surface area contributed by atoms with E-state index >= 15 is 0 Å². The molecule has 0 aromatic heterocycles. The Hall–Kier alpha value is -1.04. The molecule has 2 saturated heterocycles. The Bertz CT molecular complexity index is 524. The van der Waals surface area contributed by atoms with Crippen LogP contribution < -0.4 is 0 Å². The van der Waals surface area contributed by atoms with Crippen LogP contribution in [0, 0.1) is 5.92 Å². The Kier molecular flexibility index (Phi) is 2.97. The van der Waals surface area contributed by atoms with Gasteiger partial charge < -0.3 is 9.64 Å². The molecule has 0 N–H and O–H groups in total. The summed E-state index contributed by atoms with van der Waals surface area (Å²) in [6, 6.07) is 0. The van der Waals surface area contributed by atoms with Crippen LogP contribution in [0.15, 0.2) is 12.2 Å². The average Bonchev–Trinajstić information content (AvgIpc) is 3.02. The summed E-state index contributed by atoms with van der Waals surface area (Å²) in [4.78, 5) is 13.2. The maximum atomic E-state index is 13.1. The SMILES string of the molecule is O=C(N1C[C@@]23C=C[C@@H](C[C@H]2CC12CCCCC2)O3)C(F)(F)F. The van der Waals surface area contributed by atoms with Gasteiger partial charge >= 0.3 is 12.1 Å². The van der Waals surface area contributed by atoms with Crippen molar-refractivity contribution in [3.8, 4) is 0 Å². The number of halogens is 3. The van der Waals surface area contributed by atoms with E-state index in [-0.39, 0.29) is 18.6 Å². The molecule has 3 aliphatic heterocycles. The van der Waals surface area contributed by atoms with E-state index in [2.05, 4.69) is 0 Å². The second-order valence-electron chi connectivity index (χ2n) is 7.28. The predicted octanol–water partition coefficient (Wildman–Crippen LogP) is 3.20. The smallest absolute Gasteiger partial charge is 0.361 e. The number of hydrogen-bond acceptors (Lipinski definition) is 2. The molecule has 2 bridgehead atoms. The highest BCUT2D eigenvalue weighted by molar-refractivity contribution is 5.83. The first-order chi connectivity index (χ1) is 10.3. The molecule has 4 rings (SSSR count). The summed E-state index contributed by atoms with van der Waals surface area (Å²) >= 11 is 0. The van der Waals surface area contributed by atoms with E-state index < -0.39 is 23.2 Å². The van der Waals surface area contributed by atoms with Crippen LogP contribution in [0.3, 0.4) is 0 Å². The monoisotopic (exact) mass is 315 g/mol. The van der Waals surface area contributed by atoms with Crippen molar-refractivity contribution in [3.63, 3.8) is 0 Å². The Morgan fingerprint density at radius 3 is 2.59 bits per heavy atom. The molecule has 3 atom stereocenters. The van der Waals surface area contributed by atoms with E-state index in [9.17, 15) is 18.0 Å². The fraction of sp³-hybridized carbons (Fsp3) is 0.812. The third-order valence-electron chi connectivity index (χ3n) is 6.05. The highest BCUT2D eigenvalue weighted by atomic mass is 19.4. The van der Waals surface area contributed by atoms with E-state index in [1.165, 1.54) is 0 Å². The lowest BCUT2D eigenvalue weighted by Crippen LogP contribution is -2.66. The Balaban J connectivity index is 1.71. The van der Waals surface area contributed by atoms with Crippen molar-refractivity contribution in [2.24, 2.45) is 5.92 Å². The van der Waals surface area contributed by atoms with E-state index in [1.807, 2.05) is 12.2 Å². The molecule has 2 spiro atoms. The van der Waals surface area contributed by atoms with Gasteiger partial charge in [-0.05, 0) is 31.6 Å². The predicted molar refractivity (Wildman–Crippen MR) is 73.1 cm³/mol. The summed E-state index contributed by atoms with van der Waals surface area (Å²) < 4.78 is 45.2. The number of nitrogens with zero attached hydrogens (tertiary/aromatic N) is 1. The number of amides is 1. The van der Waals surface area contributed by atoms with Crippen LogP contribution in [0.2, 0.25) is 0 Å². The highest BCUT2D eigenvalue weighted by Gasteiger charge is 2.62. The van der Waals surface area contributed by atoms with Gasteiger partial charge in [0, 0.05) is 5.54 Å².